The molecule has 0 amide bonds. The van der Waals surface area contributed by atoms with Gasteiger partial charge >= 0.3 is 5.97 Å². The van der Waals surface area contributed by atoms with E-state index < -0.39 is 0 Å². The third-order valence-electron chi connectivity index (χ3n) is 3.53. The Morgan fingerprint density at radius 1 is 1.12 bits per heavy atom. The Kier molecular flexibility index (Phi) is 3.60. The summed E-state index contributed by atoms with van der Waals surface area (Å²) in [6.07, 6.45) is 4.13. The average molecular weight is 218 g/mol. The van der Waals surface area contributed by atoms with E-state index in [9.17, 15) is 4.79 Å². The summed E-state index contributed by atoms with van der Waals surface area (Å²) < 4.78 is 4.79. The molecule has 1 saturated carbocycles. The fourth-order valence-electron chi connectivity index (χ4n) is 2.55. The number of hydrogen-bond donors (Lipinski definition) is 0. The van der Waals surface area contributed by atoms with Crippen molar-refractivity contribution in [3.8, 4) is 0 Å². The first kappa shape index (κ1) is 11.2. The van der Waals surface area contributed by atoms with Crippen molar-refractivity contribution >= 4 is 5.97 Å². The minimum atomic E-state index is -0.0356. The molecule has 0 N–H and O–H groups in total. The Hall–Kier alpha value is -1.31. The number of hydrogen-bond acceptors (Lipinski definition) is 2. The Morgan fingerprint density at radius 3 is 2.31 bits per heavy atom. The van der Waals surface area contributed by atoms with Gasteiger partial charge in [-0.05, 0) is 37.2 Å². The zero-order chi connectivity index (χ0) is 11.4. The summed E-state index contributed by atoms with van der Waals surface area (Å²) in [4.78, 5) is 11.4. The van der Waals surface area contributed by atoms with E-state index in [1.54, 1.807) is 0 Å². The molecular formula is C14H18O2. The van der Waals surface area contributed by atoms with Crippen molar-refractivity contribution in [2.24, 2.45) is 5.92 Å². The number of carbonyl (C=O) groups is 1. The van der Waals surface area contributed by atoms with Gasteiger partial charge in [0.15, 0.2) is 0 Å². The highest BCUT2D eigenvalue weighted by atomic mass is 16.5. The molecule has 2 heteroatoms. The fourth-order valence-corrected chi connectivity index (χ4v) is 2.55. The summed E-state index contributed by atoms with van der Waals surface area (Å²) in [5, 5.41) is 0. The molecule has 1 aliphatic rings. The molecule has 0 atom stereocenters. The van der Waals surface area contributed by atoms with E-state index in [1.165, 1.54) is 12.7 Å². The monoisotopic (exact) mass is 218 g/mol. The van der Waals surface area contributed by atoms with Crippen molar-refractivity contribution in [3.63, 3.8) is 0 Å². The van der Waals surface area contributed by atoms with E-state index >= 15 is 0 Å². The molecule has 2 rings (SSSR count). The second-order valence-electron chi connectivity index (χ2n) is 4.48. The van der Waals surface area contributed by atoms with E-state index in [0.717, 1.165) is 25.7 Å². The highest BCUT2D eigenvalue weighted by Gasteiger charge is 2.27. The van der Waals surface area contributed by atoms with Gasteiger partial charge in [-0.25, -0.2) is 0 Å². The molecule has 1 fully saturated rings. The van der Waals surface area contributed by atoms with Gasteiger partial charge in [0.2, 0.25) is 0 Å². The van der Waals surface area contributed by atoms with Crippen LogP contribution in [0, 0.1) is 5.92 Å². The summed E-state index contributed by atoms with van der Waals surface area (Å²) in [5.74, 6) is 0.721. The lowest BCUT2D eigenvalue weighted by Gasteiger charge is -2.27. The van der Waals surface area contributed by atoms with E-state index in [1.807, 2.05) is 6.07 Å². The fraction of sp³-hybridized carbons (Fsp3) is 0.500. The number of benzene rings is 1. The third-order valence-corrected chi connectivity index (χ3v) is 3.53. The minimum absolute atomic E-state index is 0.0356. The number of methoxy groups -OCH3 is 1. The summed E-state index contributed by atoms with van der Waals surface area (Å²) >= 11 is 0. The maximum absolute atomic E-state index is 11.4. The molecule has 0 radical (unpaired) electrons. The van der Waals surface area contributed by atoms with E-state index in [0.29, 0.717) is 5.92 Å². The Balaban J connectivity index is 1.93. The van der Waals surface area contributed by atoms with Crippen LogP contribution < -0.4 is 0 Å². The van der Waals surface area contributed by atoms with Gasteiger partial charge in [-0.2, -0.15) is 0 Å². The molecule has 16 heavy (non-hydrogen) atoms. The van der Waals surface area contributed by atoms with Gasteiger partial charge in [0.05, 0.1) is 13.0 Å². The Bertz CT molecular complexity index is 337. The molecule has 0 aromatic heterocycles. The van der Waals surface area contributed by atoms with Crippen molar-refractivity contribution < 1.29 is 9.53 Å². The van der Waals surface area contributed by atoms with Gasteiger partial charge in [-0.1, -0.05) is 30.3 Å². The first-order valence-electron chi connectivity index (χ1n) is 5.94. The molecule has 1 aliphatic carbocycles. The second kappa shape index (κ2) is 5.15. The predicted octanol–water partition coefficient (Wildman–Crippen LogP) is 3.13. The molecule has 0 unspecified atom stereocenters. The molecular weight excluding hydrogens is 200 g/mol. The topological polar surface area (TPSA) is 26.3 Å². The lowest BCUT2D eigenvalue weighted by Crippen LogP contribution is -2.22. The van der Waals surface area contributed by atoms with Crippen LogP contribution in [0.4, 0.5) is 0 Å². The Labute approximate surface area is 96.6 Å². The van der Waals surface area contributed by atoms with Gasteiger partial charge in [0, 0.05) is 0 Å². The van der Waals surface area contributed by atoms with Crippen molar-refractivity contribution in [2.75, 3.05) is 7.11 Å². The normalized spacial score (nSPS) is 25.1. The molecule has 0 heterocycles. The van der Waals surface area contributed by atoms with Crippen LogP contribution in [0.15, 0.2) is 30.3 Å². The molecule has 1 aromatic carbocycles. The van der Waals surface area contributed by atoms with Crippen LogP contribution >= 0.6 is 0 Å². The number of carbonyl (C=O) groups excluding carboxylic acids is 1. The SMILES string of the molecule is COC(=O)[C@H]1CC[C@H](c2ccccc2)CC1. The van der Waals surface area contributed by atoms with Crippen LogP contribution in [0.1, 0.15) is 37.2 Å². The zero-order valence-corrected chi connectivity index (χ0v) is 9.69. The van der Waals surface area contributed by atoms with E-state index in [2.05, 4.69) is 24.3 Å². The maximum Gasteiger partial charge on any atom is 0.308 e. The predicted molar refractivity (Wildman–Crippen MR) is 63.2 cm³/mol. The first-order chi connectivity index (χ1) is 7.81. The van der Waals surface area contributed by atoms with Crippen LogP contribution in [0.2, 0.25) is 0 Å². The lowest BCUT2D eigenvalue weighted by molar-refractivity contribution is -0.146. The quantitative estimate of drug-likeness (QED) is 0.713. The van der Waals surface area contributed by atoms with E-state index in [-0.39, 0.29) is 11.9 Å². The van der Waals surface area contributed by atoms with Gasteiger partial charge in [0.25, 0.3) is 0 Å². The van der Waals surface area contributed by atoms with Crippen molar-refractivity contribution in [1.82, 2.24) is 0 Å². The van der Waals surface area contributed by atoms with Crippen molar-refractivity contribution in [1.29, 1.82) is 0 Å². The summed E-state index contributed by atoms with van der Waals surface area (Å²) in [7, 11) is 1.48. The third kappa shape index (κ3) is 2.43. The molecule has 1 aromatic rings. The van der Waals surface area contributed by atoms with Crippen LogP contribution in [0.5, 0.6) is 0 Å². The van der Waals surface area contributed by atoms with Crippen molar-refractivity contribution in [2.45, 2.75) is 31.6 Å². The molecule has 0 spiro atoms. The largest absolute Gasteiger partial charge is 0.469 e. The molecule has 0 saturated heterocycles. The van der Waals surface area contributed by atoms with E-state index in [4.69, 9.17) is 4.74 Å². The van der Waals surface area contributed by atoms with Gasteiger partial charge in [-0.15, -0.1) is 0 Å². The lowest BCUT2D eigenvalue weighted by atomic mass is 9.79. The van der Waals surface area contributed by atoms with Crippen molar-refractivity contribution in [3.05, 3.63) is 35.9 Å². The maximum atomic E-state index is 11.4. The minimum Gasteiger partial charge on any atom is -0.469 e. The van der Waals surface area contributed by atoms with Crippen LogP contribution in [0.25, 0.3) is 0 Å². The Morgan fingerprint density at radius 2 is 1.75 bits per heavy atom. The van der Waals surface area contributed by atoms with Crippen LogP contribution in [0.3, 0.4) is 0 Å². The molecule has 86 valence electrons. The average Bonchev–Trinajstić information content (AvgIpc) is 2.39. The number of esters is 1. The zero-order valence-electron chi connectivity index (χ0n) is 9.69. The first-order valence-corrected chi connectivity index (χ1v) is 5.94. The second-order valence-corrected chi connectivity index (χ2v) is 4.48. The molecule has 0 bridgehead atoms. The van der Waals surface area contributed by atoms with Gasteiger partial charge < -0.3 is 4.74 Å². The van der Waals surface area contributed by atoms with Crippen LogP contribution in [-0.2, 0) is 9.53 Å². The standard InChI is InChI=1S/C14H18O2/c1-16-14(15)13-9-7-12(8-10-13)11-5-3-2-4-6-11/h2-6,12-13H,7-10H2,1H3/t12-,13-. The van der Waals surface area contributed by atoms with Gasteiger partial charge in [-0.3, -0.25) is 4.79 Å². The highest BCUT2D eigenvalue weighted by molar-refractivity contribution is 5.72. The highest BCUT2D eigenvalue weighted by Crippen LogP contribution is 2.35. The number of rotatable bonds is 2. The van der Waals surface area contributed by atoms with Gasteiger partial charge in [0.1, 0.15) is 0 Å². The molecule has 2 nitrogen and oxygen atoms in total. The van der Waals surface area contributed by atoms with Crippen LogP contribution in [-0.4, -0.2) is 13.1 Å². The summed E-state index contributed by atoms with van der Waals surface area (Å²) in [6, 6.07) is 10.6. The summed E-state index contributed by atoms with van der Waals surface area (Å²) in [5.41, 5.74) is 1.41. The molecule has 0 aliphatic heterocycles. The summed E-state index contributed by atoms with van der Waals surface area (Å²) in [6.45, 7) is 0. The smallest absolute Gasteiger partial charge is 0.308 e. The number of ether oxygens (including phenoxy) is 1.